The van der Waals surface area contributed by atoms with Crippen LogP contribution in [0.1, 0.15) is 29.2 Å². The molecule has 164 valence electrons. The zero-order chi connectivity index (χ0) is 23.3. The van der Waals surface area contributed by atoms with E-state index in [-0.39, 0.29) is 0 Å². The minimum atomic E-state index is -0.472. The molecular weight excluding hydrogens is 452 g/mol. The first-order valence-corrected chi connectivity index (χ1v) is 12.7. The van der Waals surface area contributed by atoms with Crippen molar-refractivity contribution in [1.29, 1.82) is 0 Å². The van der Waals surface area contributed by atoms with Crippen LogP contribution in [-0.4, -0.2) is 0 Å². The van der Waals surface area contributed by atoms with E-state index < -0.39 is 5.41 Å². The van der Waals surface area contributed by atoms with Crippen LogP contribution in [0.15, 0.2) is 131 Å². The van der Waals surface area contributed by atoms with Crippen LogP contribution in [-0.2, 0) is 5.41 Å². The molecule has 2 aliphatic rings. The van der Waals surface area contributed by atoms with Crippen molar-refractivity contribution in [2.24, 2.45) is 0 Å². The molecule has 0 saturated carbocycles. The summed E-state index contributed by atoms with van der Waals surface area (Å²) in [4.78, 5) is 2.56. The SMILES string of the molecule is C=C1/C(=C\C=C/C)C2(c3ccccc3Sc3ccccc32)c2c1cccc2-c1ccccc1Cl. The molecule has 2 heteroatoms. The van der Waals surface area contributed by atoms with Gasteiger partial charge < -0.3 is 0 Å². The molecule has 34 heavy (non-hydrogen) atoms. The molecule has 4 aromatic rings. The molecule has 0 aromatic heterocycles. The summed E-state index contributed by atoms with van der Waals surface area (Å²) < 4.78 is 0. The molecular formula is C32H23ClS. The van der Waals surface area contributed by atoms with Crippen molar-refractivity contribution in [1.82, 2.24) is 0 Å². The summed E-state index contributed by atoms with van der Waals surface area (Å²) in [6, 6.07) is 32.3. The number of rotatable bonds is 2. The van der Waals surface area contributed by atoms with Gasteiger partial charge in [-0.1, -0.05) is 121 Å². The minimum absolute atomic E-state index is 0.472. The lowest BCUT2D eigenvalue weighted by Gasteiger charge is -2.40. The Labute approximate surface area is 210 Å². The van der Waals surface area contributed by atoms with Gasteiger partial charge in [0.25, 0.3) is 0 Å². The zero-order valence-electron chi connectivity index (χ0n) is 18.9. The molecule has 0 saturated heterocycles. The van der Waals surface area contributed by atoms with Crippen LogP contribution in [0.4, 0.5) is 0 Å². The Morgan fingerprint density at radius 3 is 2.00 bits per heavy atom. The number of benzene rings is 4. The van der Waals surface area contributed by atoms with Gasteiger partial charge in [-0.25, -0.2) is 0 Å². The number of hydrogen-bond donors (Lipinski definition) is 0. The lowest BCUT2D eigenvalue weighted by Crippen LogP contribution is -2.32. The first kappa shape index (κ1) is 21.3. The molecule has 1 aliphatic heterocycles. The van der Waals surface area contributed by atoms with Gasteiger partial charge in [-0.15, -0.1) is 0 Å². The van der Waals surface area contributed by atoms with Crippen molar-refractivity contribution in [3.8, 4) is 11.1 Å². The van der Waals surface area contributed by atoms with Crippen LogP contribution in [0.5, 0.6) is 0 Å². The van der Waals surface area contributed by atoms with E-state index in [9.17, 15) is 0 Å². The van der Waals surface area contributed by atoms with E-state index in [1.54, 1.807) is 0 Å². The Balaban J connectivity index is 1.84. The van der Waals surface area contributed by atoms with Crippen molar-refractivity contribution in [2.75, 3.05) is 0 Å². The van der Waals surface area contributed by atoms with Gasteiger partial charge in [0, 0.05) is 20.4 Å². The Hall–Kier alpha value is -3.26. The molecule has 1 heterocycles. The molecule has 0 unspecified atom stereocenters. The molecule has 1 spiro atoms. The molecule has 1 aliphatic carbocycles. The smallest absolute Gasteiger partial charge is 0.0741 e. The Kier molecular flexibility index (Phi) is 5.13. The average Bonchev–Trinajstić information content (AvgIpc) is 3.12. The predicted molar refractivity (Wildman–Crippen MR) is 146 cm³/mol. The summed E-state index contributed by atoms with van der Waals surface area (Å²) in [5.74, 6) is 0. The lowest BCUT2D eigenvalue weighted by molar-refractivity contribution is 0.724. The van der Waals surface area contributed by atoms with Crippen molar-refractivity contribution in [3.63, 3.8) is 0 Å². The second-order valence-electron chi connectivity index (χ2n) is 8.64. The van der Waals surface area contributed by atoms with Crippen LogP contribution in [0.2, 0.25) is 5.02 Å². The van der Waals surface area contributed by atoms with Gasteiger partial charge in [-0.3, -0.25) is 0 Å². The van der Waals surface area contributed by atoms with E-state index in [1.165, 1.54) is 37.6 Å². The number of hydrogen-bond acceptors (Lipinski definition) is 1. The maximum absolute atomic E-state index is 6.79. The van der Waals surface area contributed by atoms with Gasteiger partial charge in [-0.2, -0.15) is 0 Å². The number of fused-ring (bicyclic) bond motifs is 6. The fraction of sp³-hybridized carbons (Fsp3) is 0.0625. The van der Waals surface area contributed by atoms with Crippen LogP contribution in [0.3, 0.4) is 0 Å². The maximum atomic E-state index is 6.79. The highest BCUT2D eigenvalue weighted by molar-refractivity contribution is 7.99. The normalized spacial score (nSPS) is 16.6. The van der Waals surface area contributed by atoms with Crippen LogP contribution >= 0.6 is 23.4 Å². The third-order valence-electron chi connectivity index (χ3n) is 6.92. The highest BCUT2D eigenvalue weighted by Crippen LogP contribution is 2.64. The summed E-state index contributed by atoms with van der Waals surface area (Å²) in [6.07, 6.45) is 6.47. The Morgan fingerprint density at radius 2 is 1.32 bits per heavy atom. The Morgan fingerprint density at radius 1 is 0.735 bits per heavy atom. The van der Waals surface area contributed by atoms with Gasteiger partial charge in [-0.05, 0) is 64.1 Å². The van der Waals surface area contributed by atoms with E-state index in [4.69, 9.17) is 11.6 Å². The lowest BCUT2D eigenvalue weighted by atomic mass is 9.65. The van der Waals surface area contributed by atoms with E-state index in [0.717, 1.165) is 21.7 Å². The zero-order valence-corrected chi connectivity index (χ0v) is 20.5. The summed E-state index contributed by atoms with van der Waals surface area (Å²) in [5.41, 5.74) is 9.08. The highest BCUT2D eigenvalue weighted by Gasteiger charge is 2.52. The van der Waals surface area contributed by atoms with Crippen LogP contribution in [0, 0.1) is 0 Å². The largest absolute Gasteiger partial charge is 0.0908 e. The topological polar surface area (TPSA) is 0 Å². The average molecular weight is 475 g/mol. The first-order chi connectivity index (χ1) is 16.7. The molecule has 0 bridgehead atoms. The second kappa shape index (κ2) is 8.20. The van der Waals surface area contributed by atoms with Gasteiger partial charge in [0.2, 0.25) is 0 Å². The predicted octanol–water partition coefficient (Wildman–Crippen LogP) is 9.34. The Bertz CT molecular complexity index is 1480. The van der Waals surface area contributed by atoms with E-state index in [2.05, 4.69) is 111 Å². The quantitative estimate of drug-likeness (QED) is 0.279. The second-order valence-corrected chi connectivity index (χ2v) is 10.1. The summed E-state index contributed by atoms with van der Waals surface area (Å²) in [7, 11) is 0. The third kappa shape index (κ3) is 2.87. The number of allylic oxidation sites excluding steroid dienone is 5. The van der Waals surface area contributed by atoms with E-state index in [0.29, 0.717) is 0 Å². The van der Waals surface area contributed by atoms with Crippen molar-refractivity contribution < 1.29 is 0 Å². The van der Waals surface area contributed by atoms with Gasteiger partial charge in [0.1, 0.15) is 0 Å². The van der Waals surface area contributed by atoms with Gasteiger partial charge in [0.15, 0.2) is 0 Å². The van der Waals surface area contributed by atoms with Gasteiger partial charge >= 0.3 is 0 Å². The molecule has 0 amide bonds. The van der Waals surface area contributed by atoms with Crippen LogP contribution in [0.25, 0.3) is 16.7 Å². The van der Waals surface area contributed by atoms with E-state index >= 15 is 0 Å². The summed E-state index contributed by atoms with van der Waals surface area (Å²) in [5, 5.41) is 0.759. The van der Waals surface area contributed by atoms with Crippen molar-refractivity contribution >= 4 is 28.9 Å². The van der Waals surface area contributed by atoms with Crippen molar-refractivity contribution in [2.45, 2.75) is 22.1 Å². The molecule has 6 rings (SSSR count). The molecule has 0 radical (unpaired) electrons. The highest BCUT2D eigenvalue weighted by atomic mass is 35.5. The van der Waals surface area contributed by atoms with E-state index in [1.807, 2.05) is 23.9 Å². The fourth-order valence-corrected chi connectivity index (χ4v) is 7.02. The summed E-state index contributed by atoms with van der Waals surface area (Å²) >= 11 is 8.64. The molecule has 4 aromatic carbocycles. The standard InChI is InChI=1S/C32H23ClS/c1-3-4-15-25-21(2)22-13-11-14-24(23-12-5-8-18-28(23)33)31(22)32(25)26-16-6-9-19-29(26)34-30-20-10-7-17-27(30)32/h3-20H,2H2,1H3/b4-3-,25-15+. The minimum Gasteiger partial charge on any atom is -0.0908 e. The van der Waals surface area contributed by atoms with Crippen LogP contribution < -0.4 is 0 Å². The molecule has 0 nitrogen and oxygen atoms in total. The maximum Gasteiger partial charge on any atom is 0.0741 e. The van der Waals surface area contributed by atoms with Gasteiger partial charge in [0.05, 0.1) is 5.41 Å². The molecule has 0 fully saturated rings. The monoisotopic (exact) mass is 474 g/mol. The molecule has 0 N–H and O–H groups in total. The first-order valence-electron chi connectivity index (χ1n) is 11.5. The third-order valence-corrected chi connectivity index (χ3v) is 8.40. The number of halogens is 1. The summed E-state index contributed by atoms with van der Waals surface area (Å²) in [6.45, 7) is 6.70. The molecule has 0 atom stereocenters. The fourth-order valence-electron chi connectivity index (χ4n) is 5.59. The van der Waals surface area contributed by atoms with Crippen molar-refractivity contribution in [3.05, 3.63) is 149 Å².